The number of aryl methyl sites for hydroxylation is 1. The standard InChI is InChI=1S/C19H22FN9O/c1-10-23-27-29(26-10)12-4-5-13(17(30)8-12)15-9-21-19(25-24-15)28(2)16-7-11-3-6-14(22-11)18(16)20/h4-5,8-9,11,14,16,18,22,30H,3,6-7H2,1-2H3/t11-,14+,16-,18-/m1/s1. The molecule has 2 N–H and O–H groups in total. The lowest BCUT2D eigenvalue weighted by Gasteiger charge is -2.38. The molecule has 2 saturated heterocycles. The van der Waals surface area contributed by atoms with Gasteiger partial charge in [-0.1, -0.05) is 0 Å². The zero-order chi connectivity index (χ0) is 20.8. The number of piperidine rings is 1. The van der Waals surface area contributed by atoms with Crippen LogP contribution in [-0.4, -0.2) is 71.8 Å². The van der Waals surface area contributed by atoms with Crippen molar-refractivity contribution in [1.29, 1.82) is 0 Å². The molecule has 156 valence electrons. The van der Waals surface area contributed by atoms with E-state index in [9.17, 15) is 9.50 Å². The van der Waals surface area contributed by atoms with Crippen LogP contribution in [0.25, 0.3) is 16.9 Å². The van der Waals surface area contributed by atoms with Crippen molar-refractivity contribution < 1.29 is 9.50 Å². The molecule has 4 atom stereocenters. The average molecular weight is 411 g/mol. The first-order chi connectivity index (χ1) is 14.5. The van der Waals surface area contributed by atoms with Crippen LogP contribution in [0.5, 0.6) is 5.75 Å². The first-order valence-corrected chi connectivity index (χ1v) is 9.92. The maximum atomic E-state index is 14.8. The number of hydrogen-bond acceptors (Lipinski definition) is 9. The van der Waals surface area contributed by atoms with Crippen LogP contribution in [0.3, 0.4) is 0 Å². The number of tetrazole rings is 1. The first-order valence-electron chi connectivity index (χ1n) is 9.92. The molecule has 2 aromatic heterocycles. The second-order valence-corrected chi connectivity index (χ2v) is 7.88. The molecule has 5 rings (SSSR count). The quantitative estimate of drug-likeness (QED) is 0.653. The molecule has 0 amide bonds. The SMILES string of the molecule is Cc1nnn(-c2ccc(-c3cnc(N(C)[C@@H]4C[C@H]5CC[C@H](N5)[C@H]4F)nn3)c(O)c2)n1. The van der Waals surface area contributed by atoms with Gasteiger partial charge in [-0.3, -0.25) is 0 Å². The molecule has 30 heavy (non-hydrogen) atoms. The molecule has 2 aliphatic rings. The fourth-order valence-corrected chi connectivity index (χ4v) is 4.31. The van der Waals surface area contributed by atoms with Crippen molar-refractivity contribution in [2.75, 3.05) is 11.9 Å². The summed E-state index contributed by atoms with van der Waals surface area (Å²) in [6, 6.07) is 4.94. The molecule has 10 nitrogen and oxygen atoms in total. The number of rotatable bonds is 4. The number of aromatic hydroxyl groups is 1. The Hall–Kier alpha value is -3.21. The number of phenols is 1. The Bertz CT molecular complexity index is 1060. The predicted octanol–water partition coefficient (Wildman–Crippen LogP) is 1.20. The Labute approximate surface area is 172 Å². The molecule has 2 bridgehead atoms. The number of phenolic OH excluding ortho intramolecular Hbond substituents is 1. The Morgan fingerprint density at radius 2 is 2.10 bits per heavy atom. The number of halogens is 1. The van der Waals surface area contributed by atoms with Gasteiger partial charge in [0.25, 0.3) is 0 Å². The molecule has 0 radical (unpaired) electrons. The molecular weight excluding hydrogens is 389 g/mol. The van der Waals surface area contributed by atoms with Crippen molar-refractivity contribution in [3.63, 3.8) is 0 Å². The summed E-state index contributed by atoms with van der Waals surface area (Å²) in [5.74, 6) is 0.898. The molecule has 11 heteroatoms. The summed E-state index contributed by atoms with van der Waals surface area (Å²) in [5.41, 5.74) is 1.47. The van der Waals surface area contributed by atoms with Gasteiger partial charge in [-0.25, -0.2) is 9.37 Å². The lowest BCUT2D eigenvalue weighted by Crippen LogP contribution is -2.55. The summed E-state index contributed by atoms with van der Waals surface area (Å²) in [5, 5.41) is 34.0. The van der Waals surface area contributed by atoms with Crippen LogP contribution in [0.2, 0.25) is 0 Å². The van der Waals surface area contributed by atoms with Gasteiger partial charge in [0.15, 0.2) is 5.82 Å². The lowest BCUT2D eigenvalue weighted by atomic mass is 9.97. The number of anilines is 1. The van der Waals surface area contributed by atoms with Gasteiger partial charge >= 0.3 is 0 Å². The minimum Gasteiger partial charge on any atom is -0.507 e. The predicted molar refractivity (Wildman–Crippen MR) is 106 cm³/mol. The highest BCUT2D eigenvalue weighted by Crippen LogP contribution is 2.33. The Kier molecular flexibility index (Phi) is 4.54. The van der Waals surface area contributed by atoms with Gasteiger partial charge in [0, 0.05) is 30.8 Å². The summed E-state index contributed by atoms with van der Waals surface area (Å²) in [4.78, 5) is 7.48. The maximum absolute atomic E-state index is 14.8. The van der Waals surface area contributed by atoms with Gasteiger partial charge < -0.3 is 15.3 Å². The van der Waals surface area contributed by atoms with Crippen LogP contribution < -0.4 is 10.2 Å². The van der Waals surface area contributed by atoms with E-state index in [-0.39, 0.29) is 17.8 Å². The van der Waals surface area contributed by atoms with Crippen LogP contribution in [-0.2, 0) is 0 Å². The summed E-state index contributed by atoms with van der Waals surface area (Å²) < 4.78 is 14.8. The number of benzene rings is 1. The van der Waals surface area contributed by atoms with Crippen molar-refractivity contribution in [2.45, 2.75) is 50.5 Å². The van der Waals surface area contributed by atoms with Crippen molar-refractivity contribution in [3.8, 4) is 22.7 Å². The van der Waals surface area contributed by atoms with E-state index in [0.717, 1.165) is 19.3 Å². The van der Waals surface area contributed by atoms with Gasteiger partial charge in [0.05, 0.1) is 17.9 Å². The fourth-order valence-electron chi connectivity index (χ4n) is 4.31. The van der Waals surface area contributed by atoms with Crippen LogP contribution in [0.1, 0.15) is 25.1 Å². The summed E-state index contributed by atoms with van der Waals surface area (Å²) in [7, 11) is 1.80. The van der Waals surface area contributed by atoms with Gasteiger partial charge in [-0.05, 0) is 43.5 Å². The van der Waals surface area contributed by atoms with Crippen molar-refractivity contribution in [1.82, 2.24) is 40.7 Å². The number of fused-ring (bicyclic) bond motifs is 2. The van der Waals surface area contributed by atoms with Crippen molar-refractivity contribution in [3.05, 3.63) is 30.2 Å². The highest BCUT2D eigenvalue weighted by Gasteiger charge is 2.44. The van der Waals surface area contributed by atoms with E-state index in [2.05, 4.69) is 35.9 Å². The number of hydrogen-bond donors (Lipinski definition) is 2. The van der Waals surface area contributed by atoms with Crippen LogP contribution >= 0.6 is 0 Å². The van der Waals surface area contributed by atoms with E-state index in [4.69, 9.17) is 0 Å². The van der Waals surface area contributed by atoms with E-state index in [1.165, 1.54) is 17.1 Å². The largest absolute Gasteiger partial charge is 0.507 e. The molecule has 0 saturated carbocycles. The van der Waals surface area contributed by atoms with Gasteiger partial charge in [0.2, 0.25) is 5.95 Å². The van der Waals surface area contributed by atoms with Gasteiger partial charge in [0.1, 0.15) is 17.6 Å². The second-order valence-electron chi connectivity index (χ2n) is 7.88. The first kappa shape index (κ1) is 18.8. The lowest BCUT2D eigenvalue weighted by molar-refractivity contribution is 0.175. The summed E-state index contributed by atoms with van der Waals surface area (Å²) in [6.45, 7) is 1.73. The fraction of sp³-hybridized carbons (Fsp3) is 0.474. The van der Waals surface area contributed by atoms with Gasteiger partial charge in [-0.2, -0.15) is 0 Å². The molecule has 4 heterocycles. The molecule has 0 aliphatic carbocycles. The number of aromatic nitrogens is 7. The monoisotopic (exact) mass is 411 g/mol. The Morgan fingerprint density at radius 1 is 1.23 bits per heavy atom. The molecular formula is C19H22FN9O. The van der Waals surface area contributed by atoms with E-state index >= 15 is 0 Å². The Morgan fingerprint density at radius 3 is 2.80 bits per heavy atom. The minimum atomic E-state index is -0.970. The molecule has 0 spiro atoms. The second kappa shape index (κ2) is 7.24. The summed E-state index contributed by atoms with van der Waals surface area (Å²) in [6.07, 6.45) is 3.16. The van der Waals surface area contributed by atoms with Crippen molar-refractivity contribution >= 4 is 5.95 Å². The zero-order valence-corrected chi connectivity index (χ0v) is 16.6. The van der Waals surface area contributed by atoms with Crippen molar-refractivity contribution in [2.24, 2.45) is 0 Å². The average Bonchev–Trinajstić information content (AvgIpc) is 3.37. The third-order valence-electron chi connectivity index (χ3n) is 5.92. The van der Waals surface area contributed by atoms with E-state index in [1.54, 1.807) is 31.0 Å². The third kappa shape index (κ3) is 3.24. The van der Waals surface area contributed by atoms with Crippen LogP contribution in [0.4, 0.5) is 10.3 Å². The third-order valence-corrected chi connectivity index (χ3v) is 5.92. The smallest absolute Gasteiger partial charge is 0.245 e. The van der Waals surface area contributed by atoms with Crippen LogP contribution in [0.15, 0.2) is 24.4 Å². The molecule has 2 aliphatic heterocycles. The molecule has 1 aromatic carbocycles. The topological polar surface area (TPSA) is 118 Å². The van der Waals surface area contributed by atoms with Crippen LogP contribution in [0, 0.1) is 6.92 Å². The Balaban J connectivity index is 1.36. The molecule has 3 aromatic rings. The normalized spacial score (nSPS) is 25.4. The molecule has 2 fully saturated rings. The number of alkyl halides is 1. The van der Waals surface area contributed by atoms with E-state index in [1.807, 2.05) is 0 Å². The minimum absolute atomic E-state index is 0.00147. The number of nitrogens with one attached hydrogen (secondary N) is 1. The maximum Gasteiger partial charge on any atom is 0.245 e. The number of nitrogens with zero attached hydrogens (tertiary/aromatic N) is 8. The van der Waals surface area contributed by atoms with Gasteiger partial charge in [-0.15, -0.1) is 25.2 Å². The molecule has 0 unspecified atom stereocenters. The highest BCUT2D eigenvalue weighted by molar-refractivity contribution is 5.67. The van der Waals surface area contributed by atoms with E-state index in [0.29, 0.717) is 34.8 Å². The zero-order valence-electron chi connectivity index (χ0n) is 16.6. The summed E-state index contributed by atoms with van der Waals surface area (Å²) >= 11 is 0. The van der Waals surface area contributed by atoms with E-state index < -0.39 is 6.17 Å². The highest BCUT2D eigenvalue weighted by atomic mass is 19.1.